The van der Waals surface area contributed by atoms with Crippen LogP contribution in [-0.2, 0) is 13.1 Å². The van der Waals surface area contributed by atoms with E-state index >= 15 is 0 Å². The number of amides is 1. The first-order chi connectivity index (χ1) is 9.63. The normalized spacial score (nSPS) is 11.1. The number of rotatable bonds is 4. The summed E-state index contributed by atoms with van der Waals surface area (Å²) in [5.74, 6) is -0.863. The van der Waals surface area contributed by atoms with Gasteiger partial charge in [-0.05, 0) is 29.7 Å². The van der Waals surface area contributed by atoms with Crippen LogP contribution in [0.4, 0.5) is 4.39 Å². The van der Waals surface area contributed by atoms with Gasteiger partial charge in [0.1, 0.15) is 5.82 Å². The van der Waals surface area contributed by atoms with Crippen LogP contribution < -0.4 is 5.73 Å². The Morgan fingerprint density at radius 1 is 1.35 bits per heavy atom. The highest BCUT2D eigenvalue weighted by molar-refractivity contribution is 5.90. The zero-order valence-corrected chi connectivity index (χ0v) is 10.6. The molecule has 5 nitrogen and oxygen atoms in total. The molecule has 0 saturated heterocycles. The van der Waals surface area contributed by atoms with Gasteiger partial charge in [-0.1, -0.05) is 0 Å². The van der Waals surface area contributed by atoms with E-state index in [2.05, 4.69) is 11.2 Å². The second kappa shape index (κ2) is 4.80. The molecule has 0 bridgehead atoms. The number of halogens is 1. The fourth-order valence-corrected chi connectivity index (χ4v) is 2.12. The van der Waals surface area contributed by atoms with Crippen molar-refractivity contribution < 1.29 is 9.18 Å². The van der Waals surface area contributed by atoms with Gasteiger partial charge in [-0.15, -0.1) is 0 Å². The summed E-state index contributed by atoms with van der Waals surface area (Å²) in [6, 6.07) is 9.30. The zero-order chi connectivity index (χ0) is 14.1. The van der Waals surface area contributed by atoms with E-state index in [9.17, 15) is 9.18 Å². The molecule has 2 aromatic heterocycles. The van der Waals surface area contributed by atoms with E-state index in [1.807, 2.05) is 16.8 Å². The van der Waals surface area contributed by atoms with Crippen molar-refractivity contribution in [2.75, 3.05) is 0 Å². The van der Waals surface area contributed by atoms with Crippen molar-refractivity contribution in [1.29, 1.82) is 0 Å². The lowest BCUT2D eigenvalue weighted by Gasteiger charge is -2.05. The first-order valence-corrected chi connectivity index (χ1v) is 6.13. The Kier molecular flexibility index (Phi) is 2.98. The number of fused-ring (bicyclic) bond motifs is 1. The topological polar surface area (TPSA) is 65.8 Å². The molecule has 1 amide bonds. The Bertz CT molecular complexity index is 774. The minimum atomic E-state index is -0.600. The third-order valence-electron chi connectivity index (χ3n) is 3.12. The van der Waals surface area contributed by atoms with Crippen molar-refractivity contribution in [3.05, 3.63) is 54.2 Å². The highest BCUT2D eigenvalue weighted by Crippen LogP contribution is 2.17. The number of aromatic nitrogens is 3. The zero-order valence-electron chi connectivity index (χ0n) is 10.6. The van der Waals surface area contributed by atoms with Crippen LogP contribution in [0.15, 0.2) is 36.7 Å². The van der Waals surface area contributed by atoms with E-state index in [0.29, 0.717) is 13.1 Å². The van der Waals surface area contributed by atoms with Crippen LogP contribution in [0.1, 0.15) is 10.5 Å². The first kappa shape index (κ1) is 12.4. The van der Waals surface area contributed by atoms with Crippen molar-refractivity contribution in [3.8, 4) is 0 Å². The number of aryl methyl sites for hydroxylation is 2. The molecule has 1 radical (unpaired) electrons. The van der Waals surface area contributed by atoms with Crippen LogP contribution in [0, 0.1) is 11.9 Å². The lowest BCUT2D eigenvalue weighted by Crippen LogP contribution is -2.13. The molecule has 2 N–H and O–H groups in total. The molecule has 0 aliphatic carbocycles. The molecular formula is C14H12FN4O. The maximum atomic E-state index is 13.3. The van der Waals surface area contributed by atoms with Crippen LogP contribution in [0.25, 0.3) is 10.9 Å². The lowest BCUT2D eigenvalue weighted by molar-refractivity contribution is 0.0994. The van der Waals surface area contributed by atoms with Crippen LogP contribution in [-0.4, -0.2) is 20.3 Å². The van der Waals surface area contributed by atoms with Gasteiger partial charge in [0.15, 0.2) is 5.69 Å². The Balaban J connectivity index is 1.79. The van der Waals surface area contributed by atoms with Gasteiger partial charge in [0, 0.05) is 25.0 Å². The molecule has 0 spiro atoms. The molecule has 20 heavy (non-hydrogen) atoms. The van der Waals surface area contributed by atoms with Gasteiger partial charge in [-0.3, -0.25) is 9.48 Å². The molecule has 3 rings (SSSR count). The molecule has 0 aliphatic heterocycles. The Morgan fingerprint density at radius 3 is 2.95 bits per heavy atom. The fraction of sp³-hybridized carbons (Fsp3) is 0.143. The van der Waals surface area contributed by atoms with Crippen LogP contribution in [0.5, 0.6) is 0 Å². The SMILES string of the molecule is NC(=O)c1[c]cn(CCn2ccc3ccc(F)cc32)n1. The molecule has 0 unspecified atom stereocenters. The number of nitrogens with zero attached hydrogens (tertiary/aromatic N) is 3. The number of benzene rings is 1. The summed E-state index contributed by atoms with van der Waals surface area (Å²) >= 11 is 0. The highest BCUT2D eigenvalue weighted by atomic mass is 19.1. The van der Waals surface area contributed by atoms with E-state index in [-0.39, 0.29) is 11.5 Å². The van der Waals surface area contributed by atoms with Crippen molar-refractivity contribution in [2.45, 2.75) is 13.1 Å². The third-order valence-corrected chi connectivity index (χ3v) is 3.12. The standard InChI is InChI=1S/C14H12FN4O/c15-11-2-1-10-3-5-18(13(10)9-11)7-8-19-6-4-12(17-19)14(16)20/h1-3,5-6,9H,7-8H2,(H2,16,20). The molecule has 0 atom stereocenters. The number of carbonyl (C=O) groups excluding carboxylic acids is 1. The van der Waals surface area contributed by atoms with Crippen molar-refractivity contribution >= 4 is 16.8 Å². The van der Waals surface area contributed by atoms with E-state index in [0.717, 1.165) is 10.9 Å². The van der Waals surface area contributed by atoms with E-state index in [1.54, 1.807) is 16.9 Å². The molecule has 6 heteroatoms. The molecule has 1 aromatic carbocycles. The predicted molar refractivity (Wildman–Crippen MR) is 71.5 cm³/mol. The summed E-state index contributed by atoms with van der Waals surface area (Å²) in [4.78, 5) is 10.9. The fourth-order valence-electron chi connectivity index (χ4n) is 2.12. The smallest absolute Gasteiger partial charge is 0.269 e. The first-order valence-electron chi connectivity index (χ1n) is 6.13. The largest absolute Gasteiger partial charge is 0.364 e. The number of primary amides is 1. The Morgan fingerprint density at radius 2 is 2.20 bits per heavy atom. The molecule has 3 aromatic rings. The van der Waals surface area contributed by atoms with Crippen molar-refractivity contribution in [2.24, 2.45) is 5.73 Å². The Hall–Kier alpha value is -2.63. The molecule has 101 valence electrons. The van der Waals surface area contributed by atoms with Gasteiger partial charge in [-0.2, -0.15) is 5.10 Å². The van der Waals surface area contributed by atoms with Gasteiger partial charge in [0.2, 0.25) is 0 Å². The van der Waals surface area contributed by atoms with Crippen molar-refractivity contribution in [1.82, 2.24) is 14.3 Å². The average molecular weight is 271 g/mol. The third kappa shape index (κ3) is 2.27. The summed E-state index contributed by atoms with van der Waals surface area (Å²) in [6.07, 6.45) is 3.47. The van der Waals surface area contributed by atoms with E-state index in [4.69, 9.17) is 5.73 Å². The second-order valence-corrected chi connectivity index (χ2v) is 4.46. The molecule has 0 fully saturated rings. The summed E-state index contributed by atoms with van der Waals surface area (Å²) in [6.45, 7) is 1.16. The Labute approximate surface area is 114 Å². The number of nitrogens with two attached hydrogens (primary N) is 1. The molecule has 0 saturated carbocycles. The van der Waals surface area contributed by atoms with Crippen molar-refractivity contribution in [3.63, 3.8) is 0 Å². The number of hydrogen-bond acceptors (Lipinski definition) is 2. The number of carbonyl (C=O) groups is 1. The summed E-state index contributed by atoms with van der Waals surface area (Å²) in [7, 11) is 0. The maximum absolute atomic E-state index is 13.3. The van der Waals surface area contributed by atoms with Gasteiger partial charge in [0.25, 0.3) is 5.91 Å². The monoisotopic (exact) mass is 271 g/mol. The van der Waals surface area contributed by atoms with Crippen LogP contribution in [0.3, 0.4) is 0 Å². The van der Waals surface area contributed by atoms with E-state index in [1.165, 1.54) is 12.1 Å². The van der Waals surface area contributed by atoms with E-state index < -0.39 is 5.91 Å². The van der Waals surface area contributed by atoms with Gasteiger partial charge in [-0.25, -0.2) is 4.39 Å². The highest BCUT2D eigenvalue weighted by Gasteiger charge is 2.06. The summed E-state index contributed by atoms with van der Waals surface area (Å²) < 4.78 is 16.8. The molecule has 2 heterocycles. The minimum Gasteiger partial charge on any atom is -0.364 e. The average Bonchev–Trinajstić information content (AvgIpc) is 3.02. The van der Waals surface area contributed by atoms with Gasteiger partial charge in [0.05, 0.1) is 12.1 Å². The second-order valence-electron chi connectivity index (χ2n) is 4.46. The maximum Gasteiger partial charge on any atom is 0.269 e. The summed E-state index contributed by atoms with van der Waals surface area (Å²) in [5.41, 5.74) is 6.06. The van der Waals surface area contributed by atoms with Crippen LogP contribution in [0.2, 0.25) is 0 Å². The lowest BCUT2D eigenvalue weighted by atomic mass is 10.2. The quantitative estimate of drug-likeness (QED) is 0.782. The van der Waals surface area contributed by atoms with Gasteiger partial charge < -0.3 is 10.3 Å². The molecule has 0 aliphatic rings. The number of hydrogen-bond donors (Lipinski definition) is 1. The van der Waals surface area contributed by atoms with Crippen LogP contribution >= 0.6 is 0 Å². The van der Waals surface area contributed by atoms with Gasteiger partial charge >= 0.3 is 0 Å². The minimum absolute atomic E-state index is 0.119. The predicted octanol–water partition coefficient (Wildman–Crippen LogP) is 1.58. The summed E-state index contributed by atoms with van der Waals surface area (Å²) in [5, 5.41) is 4.99. The molecular weight excluding hydrogens is 259 g/mol.